The zero-order valence-corrected chi connectivity index (χ0v) is 8.27. The number of fused-ring (bicyclic) bond motifs is 1. The van der Waals surface area contributed by atoms with E-state index in [9.17, 15) is 4.79 Å². The van der Waals surface area contributed by atoms with E-state index in [1.165, 1.54) is 6.08 Å². The lowest BCUT2D eigenvalue weighted by Crippen LogP contribution is -1.85. The van der Waals surface area contributed by atoms with Crippen LogP contribution in [0, 0.1) is 11.3 Å². The third-order valence-electron chi connectivity index (χ3n) is 2.25. The third kappa shape index (κ3) is 1.79. The summed E-state index contributed by atoms with van der Waals surface area (Å²) in [5, 5.41) is 18.2. The molecule has 0 aliphatic heterocycles. The second-order valence-electron chi connectivity index (χ2n) is 3.29. The number of hydrogen-bond donors (Lipinski definition) is 2. The molecule has 2 aromatic rings. The molecule has 1 heterocycles. The highest BCUT2D eigenvalue weighted by atomic mass is 16.4. The topological polar surface area (TPSA) is 76.9 Å². The fourth-order valence-electron chi connectivity index (χ4n) is 1.51. The molecule has 78 valence electrons. The zero-order valence-electron chi connectivity index (χ0n) is 8.27. The first-order valence-corrected chi connectivity index (χ1v) is 4.63. The number of carboxylic acid groups (broad SMARTS) is 1. The normalized spacial score (nSPS) is 10.7. The van der Waals surface area contributed by atoms with E-state index < -0.39 is 5.97 Å². The van der Waals surface area contributed by atoms with Crippen LogP contribution in [-0.2, 0) is 4.79 Å². The predicted octanol–water partition coefficient (Wildman–Crippen LogP) is 2.14. The van der Waals surface area contributed by atoms with Gasteiger partial charge in [0.25, 0.3) is 0 Å². The van der Waals surface area contributed by atoms with E-state index in [1.54, 1.807) is 24.4 Å². The van der Waals surface area contributed by atoms with Crippen LogP contribution in [0.25, 0.3) is 17.0 Å². The minimum Gasteiger partial charge on any atom is -0.478 e. The van der Waals surface area contributed by atoms with Crippen LogP contribution < -0.4 is 0 Å². The Kier molecular flexibility index (Phi) is 2.44. The number of hydrogen-bond acceptors (Lipinski definition) is 2. The monoisotopic (exact) mass is 212 g/mol. The first kappa shape index (κ1) is 9.99. The largest absolute Gasteiger partial charge is 0.478 e. The molecule has 0 aliphatic carbocycles. The van der Waals surface area contributed by atoms with E-state index in [-0.39, 0.29) is 0 Å². The Morgan fingerprint density at radius 2 is 2.31 bits per heavy atom. The van der Waals surface area contributed by atoms with E-state index in [2.05, 4.69) is 4.98 Å². The Balaban J connectivity index is 2.55. The fraction of sp³-hybridized carbons (Fsp3) is 0. The molecule has 0 fully saturated rings. The molecule has 16 heavy (non-hydrogen) atoms. The van der Waals surface area contributed by atoms with Gasteiger partial charge in [0.05, 0.1) is 11.6 Å². The third-order valence-corrected chi connectivity index (χ3v) is 2.25. The number of nitrogens with one attached hydrogen (secondary N) is 1. The average Bonchev–Trinajstić information content (AvgIpc) is 2.68. The van der Waals surface area contributed by atoms with Crippen LogP contribution in [0.1, 0.15) is 11.1 Å². The zero-order chi connectivity index (χ0) is 11.5. The van der Waals surface area contributed by atoms with Crippen molar-refractivity contribution in [2.24, 2.45) is 0 Å². The Hall–Kier alpha value is -2.54. The van der Waals surface area contributed by atoms with E-state index in [1.807, 2.05) is 6.07 Å². The maximum atomic E-state index is 10.4. The fourth-order valence-corrected chi connectivity index (χ4v) is 1.51. The van der Waals surface area contributed by atoms with Crippen molar-refractivity contribution in [1.29, 1.82) is 5.26 Å². The number of H-pyrrole nitrogens is 1. The van der Waals surface area contributed by atoms with Gasteiger partial charge in [0.2, 0.25) is 0 Å². The molecule has 1 aromatic heterocycles. The summed E-state index contributed by atoms with van der Waals surface area (Å²) < 4.78 is 0. The maximum absolute atomic E-state index is 10.4. The molecule has 0 saturated heterocycles. The van der Waals surface area contributed by atoms with Crippen LogP contribution in [-0.4, -0.2) is 16.1 Å². The minimum atomic E-state index is -0.995. The van der Waals surface area contributed by atoms with Crippen LogP contribution in [0.15, 0.2) is 30.5 Å². The molecule has 0 radical (unpaired) electrons. The summed E-state index contributed by atoms with van der Waals surface area (Å²) in [6.45, 7) is 0. The molecule has 4 heteroatoms. The predicted molar refractivity (Wildman–Crippen MR) is 59.7 cm³/mol. The number of aliphatic carboxylic acids is 1. The summed E-state index contributed by atoms with van der Waals surface area (Å²) in [6, 6.07) is 7.29. The van der Waals surface area contributed by atoms with Gasteiger partial charge in [-0.2, -0.15) is 5.26 Å². The van der Waals surface area contributed by atoms with Crippen LogP contribution in [0.5, 0.6) is 0 Å². The Labute approximate surface area is 91.4 Å². The van der Waals surface area contributed by atoms with Gasteiger partial charge in [-0.3, -0.25) is 0 Å². The standard InChI is InChI=1S/C12H8N2O2/c13-6-8-1-3-11-10(5-8)9(7-14-11)2-4-12(15)16/h1-5,7,14H,(H,15,16)/b4-2+. The first-order valence-electron chi connectivity index (χ1n) is 4.63. The highest BCUT2D eigenvalue weighted by Gasteiger charge is 2.02. The number of benzene rings is 1. The molecule has 0 atom stereocenters. The minimum absolute atomic E-state index is 0.553. The number of nitrogens with zero attached hydrogens (tertiary/aromatic N) is 1. The van der Waals surface area contributed by atoms with E-state index in [4.69, 9.17) is 10.4 Å². The summed E-state index contributed by atoms with van der Waals surface area (Å²) >= 11 is 0. The van der Waals surface area contributed by atoms with Crippen LogP contribution in [0.2, 0.25) is 0 Å². The molecular formula is C12H8N2O2. The van der Waals surface area contributed by atoms with Crippen molar-refractivity contribution >= 4 is 22.9 Å². The summed E-state index contributed by atoms with van der Waals surface area (Å²) in [5.41, 5.74) is 2.19. The number of aromatic nitrogens is 1. The molecule has 0 aliphatic rings. The van der Waals surface area contributed by atoms with Gasteiger partial charge in [-0.25, -0.2) is 4.79 Å². The molecule has 1 aromatic carbocycles. The molecule has 0 amide bonds. The lowest BCUT2D eigenvalue weighted by atomic mass is 10.1. The maximum Gasteiger partial charge on any atom is 0.328 e. The lowest BCUT2D eigenvalue weighted by molar-refractivity contribution is -0.131. The summed E-state index contributed by atoms with van der Waals surface area (Å²) in [6.07, 6.45) is 4.29. The molecule has 0 bridgehead atoms. The summed E-state index contributed by atoms with van der Waals surface area (Å²) in [4.78, 5) is 13.4. The second kappa shape index (κ2) is 3.91. The summed E-state index contributed by atoms with van der Waals surface area (Å²) in [7, 11) is 0. The number of aromatic amines is 1. The van der Waals surface area contributed by atoms with Gasteiger partial charge in [0, 0.05) is 28.7 Å². The molecule has 0 unspecified atom stereocenters. The van der Waals surface area contributed by atoms with Crippen molar-refractivity contribution in [3.63, 3.8) is 0 Å². The van der Waals surface area contributed by atoms with Crippen molar-refractivity contribution in [3.05, 3.63) is 41.6 Å². The molecule has 0 spiro atoms. The van der Waals surface area contributed by atoms with Gasteiger partial charge >= 0.3 is 5.97 Å². The van der Waals surface area contributed by atoms with E-state index >= 15 is 0 Å². The van der Waals surface area contributed by atoms with Crippen LogP contribution in [0.4, 0.5) is 0 Å². The molecule has 2 rings (SSSR count). The van der Waals surface area contributed by atoms with Crippen molar-refractivity contribution in [3.8, 4) is 6.07 Å². The van der Waals surface area contributed by atoms with Crippen molar-refractivity contribution < 1.29 is 9.90 Å². The summed E-state index contributed by atoms with van der Waals surface area (Å²) in [5.74, 6) is -0.995. The Morgan fingerprint density at radius 3 is 3.00 bits per heavy atom. The molecule has 2 N–H and O–H groups in total. The number of nitriles is 1. The Bertz CT molecular complexity index is 617. The van der Waals surface area contributed by atoms with Gasteiger partial charge in [0.15, 0.2) is 0 Å². The molecule has 0 saturated carbocycles. The molecular weight excluding hydrogens is 204 g/mol. The number of carbonyl (C=O) groups is 1. The second-order valence-corrected chi connectivity index (χ2v) is 3.29. The van der Waals surface area contributed by atoms with Gasteiger partial charge in [-0.1, -0.05) is 0 Å². The first-order chi connectivity index (χ1) is 7.70. The van der Waals surface area contributed by atoms with Gasteiger partial charge < -0.3 is 10.1 Å². The highest BCUT2D eigenvalue weighted by Crippen LogP contribution is 2.20. The number of carboxylic acids is 1. The van der Waals surface area contributed by atoms with Crippen molar-refractivity contribution in [2.45, 2.75) is 0 Å². The van der Waals surface area contributed by atoms with Crippen LogP contribution >= 0.6 is 0 Å². The Morgan fingerprint density at radius 1 is 1.50 bits per heavy atom. The van der Waals surface area contributed by atoms with Gasteiger partial charge in [0.1, 0.15) is 0 Å². The number of rotatable bonds is 2. The van der Waals surface area contributed by atoms with Gasteiger partial charge in [-0.15, -0.1) is 0 Å². The van der Waals surface area contributed by atoms with Gasteiger partial charge in [-0.05, 0) is 24.3 Å². The van der Waals surface area contributed by atoms with E-state index in [0.29, 0.717) is 5.56 Å². The SMILES string of the molecule is N#Cc1ccc2[nH]cc(/C=C/C(=O)O)c2c1. The average molecular weight is 212 g/mol. The smallest absolute Gasteiger partial charge is 0.328 e. The van der Waals surface area contributed by atoms with Crippen LogP contribution in [0.3, 0.4) is 0 Å². The van der Waals surface area contributed by atoms with E-state index in [0.717, 1.165) is 22.5 Å². The quantitative estimate of drug-likeness (QED) is 0.748. The molecule has 4 nitrogen and oxygen atoms in total. The van der Waals surface area contributed by atoms with Crippen molar-refractivity contribution in [2.75, 3.05) is 0 Å². The van der Waals surface area contributed by atoms with Crippen molar-refractivity contribution in [1.82, 2.24) is 4.98 Å². The highest BCUT2D eigenvalue weighted by molar-refractivity contribution is 5.93. The lowest BCUT2D eigenvalue weighted by Gasteiger charge is -1.92.